The summed E-state index contributed by atoms with van der Waals surface area (Å²) < 4.78 is 0. The second-order valence-corrected chi connectivity index (χ2v) is 6.63. The van der Waals surface area contributed by atoms with Crippen molar-refractivity contribution in [2.45, 2.75) is 39.5 Å². The number of aromatic nitrogens is 2. The zero-order valence-electron chi connectivity index (χ0n) is 12.2. The van der Waals surface area contributed by atoms with Gasteiger partial charge in [-0.2, -0.15) is 4.98 Å². The molecule has 0 radical (unpaired) electrons. The van der Waals surface area contributed by atoms with E-state index in [1.54, 1.807) is 11.3 Å². The lowest BCUT2D eigenvalue weighted by molar-refractivity contribution is 0.199. The first-order valence-electron chi connectivity index (χ1n) is 7.43. The number of hydrogen-bond donors (Lipinski definition) is 1. The summed E-state index contributed by atoms with van der Waals surface area (Å²) in [5.74, 6) is 1.41. The van der Waals surface area contributed by atoms with Crippen LogP contribution in [0.5, 0.6) is 0 Å². The Hall–Kier alpha value is -1.36. The van der Waals surface area contributed by atoms with Crippen LogP contribution in [0.15, 0.2) is 11.4 Å². The van der Waals surface area contributed by atoms with Gasteiger partial charge in [-0.1, -0.05) is 26.7 Å². The van der Waals surface area contributed by atoms with Crippen molar-refractivity contribution in [2.75, 3.05) is 23.7 Å². The van der Waals surface area contributed by atoms with Crippen LogP contribution < -0.4 is 10.6 Å². The molecule has 0 bridgehead atoms. The van der Waals surface area contributed by atoms with Crippen molar-refractivity contribution in [3.8, 4) is 0 Å². The molecule has 4 nitrogen and oxygen atoms in total. The van der Waals surface area contributed by atoms with Crippen molar-refractivity contribution in [3.63, 3.8) is 0 Å². The van der Waals surface area contributed by atoms with Gasteiger partial charge in [-0.25, -0.2) is 4.98 Å². The van der Waals surface area contributed by atoms with E-state index in [-0.39, 0.29) is 0 Å². The Labute approximate surface area is 124 Å². The van der Waals surface area contributed by atoms with Crippen LogP contribution in [0, 0.1) is 5.41 Å². The predicted octanol–water partition coefficient (Wildman–Crippen LogP) is 3.68. The summed E-state index contributed by atoms with van der Waals surface area (Å²) in [6, 6.07) is 2.11. The van der Waals surface area contributed by atoms with Crippen molar-refractivity contribution in [2.24, 2.45) is 5.41 Å². The van der Waals surface area contributed by atoms with E-state index in [4.69, 9.17) is 5.73 Å². The monoisotopic (exact) mass is 290 g/mol. The third-order valence-electron chi connectivity index (χ3n) is 4.95. The molecule has 1 saturated heterocycles. The molecule has 0 saturated carbocycles. The van der Waals surface area contributed by atoms with Crippen LogP contribution in [-0.4, -0.2) is 23.1 Å². The number of nitrogen functional groups attached to an aromatic ring is 1. The number of nitrogens with two attached hydrogens (primary N) is 1. The average Bonchev–Trinajstić information content (AvgIpc) is 2.94. The zero-order chi connectivity index (χ0) is 14.2. The van der Waals surface area contributed by atoms with Crippen LogP contribution >= 0.6 is 11.3 Å². The van der Waals surface area contributed by atoms with Gasteiger partial charge >= 0.3 is 0 Å². The third-order valence-corrected chi connectivity index (χ3v) is 5.75. The smallest absolute Gasteiger partial charge is 0.223 e. The molecule has 0 unspecified atom stereocenters. The molecule has 108 valence electrons. The molecule has 3 rings (SSSR count). The van der Waals surface area contributed by atoms with Gasteiger partial charge < -0.3 is 10.6 Å². The highest BCUT2D eigenvalue weighted by Gasteiger charge is 2.32. The molecule has 0 atom stereocenters. The lowest BCUT2D eigenvalue weighted by Crippen LogP contribution is -2.40. The Kier molecular flexibility index (Phi) is 3.54. The maximum absolute atomic E-state index is 5.85. The van der Waals surface area contributed by atoms with Gasteiger partial charge in [0.25, 0.3) is 0 Å². The molecule has 3 heterocycles. The van der Waals surface area contributed by atoms with Gasteiger partial charge in [0.2, 0.25) is 5.95 Å². The molecule has 0 aromatic carbocycles. The summed E-state index contributed by atoms with van der Waals surface area (Å²) in [5.41, 5.74) is 6.38. The summed E-state index contributed by atoms with van der Waals surface area (Å²) in [6.07, 6.45) is 5.04. The first-order valence-corrected chi connectivity index (χ1v) is 8.31. The van der Waals surface area contributed by atoms with E-state index in [0.717, 1.165) is 29.1 Å². The summed E-state index contributed by atoms with van der Waals surface area (Å²) in [6.45, 7) is 6.78. The quantitative estimate of drug-likeness (QED) is 0.937. The van der Waals surface area contributed by atoms with Crippen molar-refractivity contribution in [3.05, 3.63) is 11.4 Å². The number of anilines is 2. The molecule has 0 spiro atoms. The van der Waals surface area contributed by atoms with Gasteiger partial charge in [0.15, 0.2) is 0 Å². The first kappa shape index (κ1) is 13.6. The van der Waals surface area contributed by atoms with Gasteiger partial charge in [-0.3, -0.25) is 0 Å². The van der Waals surface area contributed by atoms with Crippen molar-refractivity contribution < 1.29 is 0 Å². The van der Waals surface area contributed by atoms with Gasteiger partial charge in [0.1, 0.15) is 10.6 Å². The third kappa shape index (κ3) is 2.24. The van der Waals surface area contributed by atoms with E-state index < -0.39 is 0 Å². The molecule has 0 aliphatic carbocycles. The summed E-state index contributed by atoms with van der Waals surface area (Å²) in [5, 5.41) is 3.21. The fourth-order valence-electron chi connectivity index (χ4n) is 3.25. The molecule has 2 aromatic heterocycles. The van der Waals surface area contributed by atoms with E-state index in [1.165, 1.54) is 25.7 Å². The predicted molar refractivity (Wildman–Crippen MR) is 86.3 cm³/mol. The van der Waals surface area contributed by atoms with Crippen LogP contribution in [0.25, 0.3) is 10.2 Å². The Balaban J connectivity index is 1.88. The van der Waals surface area contributed by atoms with E-state index in [1.807, 2.05) is 0 Å². The fourth-order valence-corrected chi connectivity index (χ4v) is 4.01. The van der Waals surface area contributed by atoms with Crippen molar-refractivity contribution in [1.29, 1.82) is 0 Å². The molecule has 5 heteroatoms. The molecule has 2 aromatic rings. The molecule has 2 N–H and O–H groups in total. The molecule has 1 aliphatic rings. The maximum Gasteiger partial charge on any atom is 0.223 e. The van der Waals surface area contributed by atoms with E-state index >= 15 is 0 Å². The van der Waals surface area contributed by atoms with E-state index in [2.05, 4.69) is 40.2 Å². The molecule has 20 heavy (non-hydrogen) atoms. The van der Waals surface area contributed by atoms with Gasteiger partial charge in [0.05, 0.1) is 5.39 Å². The average molecular weight is 290 g/mol. The van der Waals surface area contributed by atoms with E-state index in [9.17, 15) is 0 Å². The number of rotatable bonds is 3. The van der Waals surface area contributed by atoms with Gasteiger partial charge in [0, 0.05) is 13.1 Å². The van der Waals surface area contributed by atoms with Crippen molar-refractivity contribution >= 4 is 33.3 Å². The molecule has 1 aliphatic heterocycles. The number of nitrogens with zero attached hydrogens (tertiary/aromatic N) is 3. The summed E-state index contributed by atoms with van der Waals surface area (Å²) >= 11 is 1.63. The fraction of sp³-hybridized carbons (Fsp3) is 0.600. The number of thiophene rings is 1. The Morgan fingerprint density at radius 2 is 1.95 bits per heavy atom. The second-order valence-electron chi connectivity index (χ2n) is 5.74. The summed E-state index contributed by atoms with van der Waals surface area (Å²) in [4.78, 5) is 12.2. The first-order chi connectivity index (χ1) is 9.67. The number of piperidine rings is 1. The minimum absolute atomic E-state index is 0.387. The standard InChI is InChI=1S/C15H22N4S/c1-3-15(4-2)6-8-19(9-7-15)12-11-5-10-20-13(11)18-14(16)17-12/h5,10H,3-4,6-9H2,1-2H3,(H2,16,17,18). The second kappa shape index (κ2) is 5.20. The maximum atomic E-state index is 5.85. The Bertz CT molecular complexity index is 593. The molecular formula is C15H22N4S. The van der Waals surface area contributed by atoms with Crippen LogP contribution in [-0.2, 0) is 0 Å². The minimum Gasteiger partial charge on any atom is -0.368 e. The zero-order valence-corrected chi connectivity index (χ0v) is 13.0. The highest BCUT2D eigenvalue weighted by Crippen LogP contribution is 2.40. The molecule has 0 amide bonds. The molecule has 1 fully saturated rings. The van der Waals surface area contributed by atoms with Crippen LogP contribution in [0.3, 0.4) is 0 Å². The lowest BCUT2D eigenvalue weighted by Gasteiger charge is -2.41. The SMILES string of the molecule is CCC1(CC)CCN(c2nc(N)nc3sccc23)CC1. The largest absolute Gasteiger partial charge is 0.368 e. The minimum atomic E-state index is 0.387. The van der Waals surface area contributed by atoms with Crippen LogP contribution in [0.2, 0.25) is 0 Å². The van der Waals surface area contributed by atoms with Gasteiger partial charge in [-0.15, -0.1) is 11.3 Å². The Morgan fingerprint density at radius 3 is 2.60 bits per heavy atom. The highest BCUT2D eigenvalue weighted by atomic mass is 32.1. The van der Waals surface area contributed by atoms with Crippen LogP contribution in [0.1, 0.15) is 39.5 Å². The topological polar surface area (TPSA) is 55.0 Å². The Morgan fingerprint density at radius 1 is 1.25 bits per heavy atom. The number of fused-ring (bicyclic) bond motifs is 1. The summed E-state index contributed by atoms with van der Waals surface area (Å²) in [7, 11) is 0. The molecular weight excluding hydrogens is 268 g/mol. The van der Waals surface area contributed by atoms with Gasteiger partial charge in [-0.05, 0) is 29.7 Å². The normalized spacial score (nSPS) is 18.6. The van der Waals surface area contributed by atoms with Crippen molar-refractivity contribution in [1.82, 2.24) is 9.97 Å². The lowest BCUT2D eigenvalue weighted by atomic mass is 9.74. The van der Waals surface area contributed by atoms with E-state index in [0.29, 0.717) is 11.4 Å². The van der Waals surface area contributed by atoms with Crippen LogP contribution in [0.4, 0.5) is 11.8 Å². The highest BCUT2D eigenvalue weighted by molar-refractivity contribution is 7.16. The number of hydrogen-bond acceptors (Lipinski definition) is 5.